The van der Waals surface area contributed by atoms with Crippen molar-refractivity contribution in [3.8, 4) is 5.69 Å². The number of imidazole rings is 1. The standard InChI is InChI=1S/C16H20N4O3S/c1-11(2)7-8-17-16(21)15-13-9-19-24(22,23)14-6-4-3-5-12(14)20(13)10-18-15/h3-6,10-11,19H,7-9H2,1-2H3,(H,17,21). The molecule has 0 fully saturated rings. The highest BCUT2D eigenvalue weighted by Gasteiger charge is 2.28. The highest BCUT2D eigenvalue weighted by molar-refractivity contribution is 7.89. The van der Waals surface area contributed by atoms with Gasteiger partial charge in [0, 0.05) is 6.54 Å². The summed E-state index contributed by atoms with van der Waals surface area (Å²) in [5, 5.41) is 2.84. The van der Waals surface area contributed by atoms with Gasteiger partial charge < -0.3 is 5.32 Å². The molecule has 1 aliphatic rings. The van der Waals surface area contributed by atoms with Crippen molar-refractivity contribution in [3.63, 3.8) is 0 Å². The molecule has 0 atom stereocenters. The summed E-state index contributed by atoms with van der Waals surface area (Å²) in [7, 11) is -3.62. The molecule has 1 aliphatic heterocycles. The van der Waals surface area contributed by atoms with Crippen LogP contribution in [-0.2, 0) is 16.6 Å². The molecular weight excluding hydrogens is 328 g/mol. The first-order chi connectivity index (χ1) is 11.4. The third-order valence-corrected chi connectivity index (χ3v) is 5.38. The van der Waals surface area contributed by atoms with E-state index in [1.165, 1.54) is 12.4 Å². The molecule has 2 N–H and O–H groups in total. The summed E-state index contributed by atoms with van der Waals surface area (Å²) in [6.07, 6.45) is 2.37. The van der Waals surface area contributed by atoms with Crippen molar-refractivity contribution in [2.24, 2.45) is 5.92 Å². The average Bonchev–Trinajstić information content (AvgIpc) is 2.92. The van der Waals surface area contributed by atoms with Crippen LogP contribution in [0.2, 0.25) is 0 Å². The molecule has 1 aromatic carbocycles. The third kappa shape index (κ3) is 3.07. The second-order valence-corrected chi connectivity index (χ2v) is 7.88. The Bertz CT molecular complexity index is 871. The van der Waals surface area contributed by atoms with Gasteiger partial charge in [0.05, 0.1) is 17.9 Å². The number of rotatable bonds is 4. The normalized spacial score (nSPS) is 15.5. The van der Waals surface area contributed by atoms with Crippen LogP contribution in [-0.4, -0.2) is 30.4 Å². The molecule has 1 amide bonds. The largest absolute Gasteiger partial charge is 0.351 e. The van der Waals surface area contributed by atoms with Crippen molar-refractivity contribution >= 4 is 15.9 Å². The summed E-state index contributed by atoms with van der Waals surface area (Å²) < 4.78 is 28.9. The van der Waals surface area contributed by atoms with E-state index in [0.717, 1.165) is 6.42 Å². The summed E-state index contributed by atoms with van der Waals surface area (Å²) in [4.78, 5) is 16.8. The minimum atomic E-state index is -3.62. The number of hydrogen-bond donors (Lipinski definition) is 2. The van der Waals surface area contributed by atoms with Crippen LogP contribution in [0.15, 0.2) is 35.5 Å². The van der Waals surface area contributed by atoms with Crippen molar-refractivity contribution in [2.75, 3.05) is 6.54 Å². The highest BCUT2D eigenvalue weighted by Crippen LogP contribution is 2.26. The van der Waals surface area contributed by atoms with E-state index in [4.69, 9.17) is 0 Å². The minimum absolute atomic E-state index is 0.0178. The third-order valence-electron chi connectivity index (χ3n) is 3.93. The number of amides is 1. The van der Waals surface area contributed by atoms with Gasteiger partial charge in [0.25, 0.3) is 5.91 Å². The molecule has 7 nitrogen and oxygen atoms in total. The number of aromatic nitrogens is 2. The zero-order chi connectivity index (χ0) is 17.3. The van der Waals surface area contributed by atoms with E-state index in [9.17, 15) is 13.2 Å². The molecule has 0 bridgehead atoms. The average molecular weight is 348 g/mol. The number of carbonyl (C=O) groups is 1. The van der Waals surface area contributed by atoms with Crippen molar-refractivity contribution in [2.45, 2.75) is 31.7 Å². The molecule has 0 unspecified atom stereocenters. The van der Waals surface area contributed by atoms with Crippen molar-refractivity contribution in [1.82, 2.24) is 19.6 Å². The van der Waals surface area contributed by atoms with Gasteiger partial charge in [-0.1, -0.05) is 26.0 Å². The lowest BCUT2D eigenvalue weighted by Gasteiger charge is -2.08. The molecule has 0 saturated heterocycles. The van der Waals surface area contributed by atoms with Gasteiger partial charge >= 0.3 is 0 Å². The van der Waals surface area contributed by atoms with Crippen LogP contribution >= 0.6 is 0 Å². The Kier molecular flexibility index (Phi) is 4.42. The number of nitrogens with one attached hydrogen (secondary N) is 2. The molecule has 0 saturated carbocycles. The van der Waals surface area contributed by atoms with Crippen LogP contribution in [0, 0.1) is 5.92 Å². The summed E-state index contributed by atoms with van der Waals surface area (Å²) in [6, 6.07) is 6.66. The molecule has 2 aromatic rings. The molecule has 24 heavy (non-hydrogen) atoms. The fourth-order valence-corrected chi connectivity index (χ4v) is 3.80. The maximum absolute atomic E-state index is 12.4. The molecule has 8 heteroatoms. The van der Waals surface area contributed by atoms with Crippen LogP contribution in [0.4, 0.5) is 0 Å². The number of carbonyl (C=O) groups excluding carboxylic acids is 1. The molecule has 0 aliphatic carbocycles. The Morgan fingerprint density at radius 3 is 2.88 bits per heavy atom. The smallest absolute Gasteiger partial charge is 0.271 e. The van der Waals surface area contributed by atoms with Gasteiger partial charge in [-0.25, -0.2) is 18.1 Å². The predicted molar refractivity (Wildman–Crippen MR) is 89.4 cm³/mol. The number of hydrogen-bond acceptors (Lipinski definition) is 4. The van der Waals surface area contributed by atoms with Crippen molar-refractivity contribution in [1.29, 1.82) is 0 Å². The van der Waals surface area contributed by atoms with E-state index in [0.29, 0.717) is 23.8 Å². The van der Waals surface area contributed by atoms with Gasteiger partial charge in [0.2, 0.25) is 10.0 Å². The first kappa shape index (κ1) is 16.7. The van der Waals surface area contributed by atoms with E-state index in [2.05, 4.69) is 28.9 Å². The number of benzene rings is 1. The first-order valence-electron chi connectivity index (χ1n) is 7.83. The number of fused-ring (bicyclic) bond motifs is 3. The van der Waals surface area contributed by atoms with Gasteiger partial charge in [-0.15, -0.1) is 0 Å². The molecule has 3 rings (SSSR count). The lowest BCUT2D eigenvalue weighted by atomic mass is 10.1. The van der Waals surface area contributed by atoms with Crippen molar-refractivity contribution in [3.05, 3.63) is 42.0 Å². The van der Waals surface area contributed by atoms with E-state index < -0.39 is 10.0 Å². The van der Waals surface area contributed by atoms with E-state index in [1.807, 2.05) is 0 Å². The summed E-state index contributed by atoms with van der Waals surface area (Å²) in [5.74, 6) is 0.200. The van der Waals surface area contributed by atoms with Crippen LogP contribution in [0.25, 0.3) is 5.69 Å². The Morgan fingerprint density at radius 2 is 2.12 bits per heavy atom. The monoisotopic (exact) mass is 348 g/mol. The number of sulfonamides is 1. The Balaban J connectivity index is 1.96. The van der Waals surface area contributed by atoms with Gasteiger partial charge in [-0.3, -0.25) is 9.36 Å². The molecule has 1 aromatic heterocycles. The van der Waals surface area contributed by atoms with Gasteiger partial charge in [0.1, 0.15) is 11.2 Å². The lowest BCUT2D eigenvalue weighted by Crippen LogP contribution is -2.28. The van der Waals surface area contributed by atoms with Crippen LogP contribution < -0.4 is 10.0 Å². The Hall–Kier alpha value is -2.19. The van der Waals surface area contributed by atoms with Crippen LogP contribution in [0.1, 0.15) is 36.5 Å². The maximum atomic E-state index is 12.4. The maximum Gasteiger partial charge on any atom is 0.271 e. The zero-order valence-corrected chi connectivity index (χ0v) is 14.4. The topological polar surface area (TPSA) is 93.1 Å². The Labute approximate surface area is 141 Å². The predicted octanol–water partition coefficient (Wildman–Crippen LogP) is 1.44. The van der Waals surface area contributed by atoms with Gasteiger partial charge in [0.15, 0.2) is 5.69 Å². The SMILES string of the molecule is CC(C)CCNC(=O)c1ncn2c1CNS(=O)(=O)c1ccccc1-2. The summed E-state index contributed by atoms with van der Waals surface area (Å²) >= 11 is 0. The Morgan fingerprint density at radius 1 is 1.38 bits per heavy atom. The van der Waals surface area contributed by atoms with Gasteiger partial charge in [-0.05, 0) is 24.5 Å². The van der Waals surface area contributed by atoms with Crippen LogP contribution in [0.5, 0.6) is 0 Å². The summed E-state index contributed by atoms with van der Waals surface area (Å²) in [6.45, 7) is 4.75. The summed E-state index contributed by atoms with van der Waals surface area (Å²) in [5.41, 5.74) is 1.27. The first-order valence-corrected chi connectivity index (χ1v) is 9.32. The van der Waals surface area contributed by atoms with E-state index in [1.54, 1.807) is 22.8 Å². The molecule has 128 valence electrons. The second kappa shape index (κ2) is 6.37. The quantitative estimate of drug-likeness (QED) is 0.874. The minimum Gasteiger partial charge on any atom is -0.351 e. The molecule has 0 radical (unpaired) electrons. The fraction of sp³-hybridized carbons (Fsp3) is 0.375. The lowest BCUT2D eigenvalue weighted by molar-refractivity contribution is 0.0946. The number of para-hydroxylation sites is 1. The van der Waals surface area contributed by atoms with E-state index in [-0.39, 0.29) is 23.0 Å². The van der Waals surface area contributed by atoms with Crippen molar-refractivity contribution < 1.29 is 13.2 Å². The molecular formula is C16H20N4O3S. The molecule has 2 heterocycles. The molecule has 0 spiro atoms. The van der Waals surface area contributed by atoms with E-state index >= 15 is 0 Å². The fourth-order valence-electron chi connectivity index (χ4n) is 2.62. The second-order valence-electron chi connectivity index (χ2n) is 6.14. The van der Waals surface area contributed by atoms with Crippen LogP contribution in [0.3, 0.4) is 0 Å². The zero-order valence-electron chi connectivity index (χ0n) is 13.6. The number of nitrogens with zero attached hydrogens (tertiary/aromatic N) is 2. The van der Waals surface area contributed by atoms with Gasteiger partial charge in [-0.2, -0.15) is 0 Å². The highest BCUT2D eigenvalue weighted by atomic mass is 32.2.